The number of rotatable bonds is 4. The lowest BCUT2D eigenvalue weighted by atomic mass is 10.1. The van der Waals surface area contributed by atoms with Gasteiger partial charge in [0, 0.05) is 18.3 Å². The van der Waals surface area contributed by atoms with Gasteiger partial charge in [0.15, 0.2) is 0 Å². The van der Waals surface area contributed by atoms with Crippen molar-refractivity contribution in [2.75, 3.05) is 10.6 Å². The summed E-state index contributed by atoms with van der Waals surface area (Å²) in [5.41, 5.74) is 3.66. The van der Waals surface area contributed by atoms with Crippen LogP contribution in [0.15, 0.2) is 48.5 Å². The smallest absolute Gasteiger partial charge is 0.260 e. The normalized spacial score (nSPS) is 10.5. The van der Waals surface area contributed by atoms with Crippen molar-refractivity contribution >= 4 is 34.8 Å². The average molecular weight is 383 g/mol. The molecule has 0 bridgehead atoms. The van der Waals surface area contributed by atoms with E-state index in [0.717, 1.165) is 11.3 Å². The Morgan fingerprint density at radius 1 is 1.04 bits per heavy atom. The van der Waals surface area contributed by atoms with Crippen LogP contribution in [0.5, 0.6) is 0 Å². The number of nitrogens with zero attached hydrogens (tertiary/aromatic N) is 2. The Labute approximate surface area is 162 Å². The zero-order valence-corrected chi connectivity index (χ0v) is 16.0. The molecule has 1 aromatic heterocycles. The number of carbonyl (C=O) groups excluding carboxylic acids is 2. The largest absolute Gasteiger partial charge is 0.326 e. The fourth-order valence-corrected chi connectivity index (χ4v) is 3.08. The maximum Gasteiger partial charge on any atom is 0.260 e. The molecule has 7 heteroatoms. The van der Waals surface area contributed by atoms with Gasteiger partial charge in [-0.1, -0.05) is 35.9 Å². The second-order valence-electron chi connectivity index (χ2n) is 6.16. The van der Waals surface area contributed by atoms with Gasteiger partial charge in [0.05, 0.1) is 11.4 Å². The van der Waals surface area contributed by atoms with Gasteiger partial charge in [-0.3, -0.25) is 9.59 Å². The SMILES string of the molecule is CC(=O)Nc1ccc(C)c(NC(=O)c2c(C)nn(-c3ccccc3)c2Cl)c1. The topological polar surface area (TPSA) is 76.0 Å². The molecule has 0 unspecified atom stereocenters. The number of carbonyl (C=O) groups is 2. The number of hydrogen-bond donors (Lipinski definition) is 2. The Kier molecular flexibility index (Phi) is 5.28. The summed E-state index contributed by atoms with van der Waals surface area (Å²) in [7, 11) is 0. The molecule has 0 aliphatic heterocycles. The van der Waals surface area contributed by atoms with E-state index in [1.165, 1.54) is 11.6 Å². The number of nitrogens with one attached hydrogen (secondary N) is 2. The molecule has 0 saturated heterocycles. The van der Waals surface area contributed by atoms with Gasteiger partial charge in [-0.05, 0) is 43.7 Å². The summed E-state index contributed by atoms with van der Waals surface area (Å²) in [4.78, 5) is 24.1. The summed E-state index contributed by atoms with van der Waals surface area (Å²) in [5.74, 6) is -0.540. The molecular formula is C20H19ClN4O2. The van der Waals surface area contributed by atoms with Crippen LogP contribution in [-0.4, -0.2) is 21.6 Å². The molecule has 0 aliphatic carbocycles. The van der Waals surface area contributed by atoms with Crippen molar-refractivity contribution in [1.29, 1.82) is 0 Å². The predicted molar refractivity (Wildman–Crippen MR) is 107 cm³/mol. The summed E-state index contributed by atoms with van der Waals surface area (Å²) in [5, 5.41) is 10.2. The zero-order valence-electron chi connectivity index (χ0n) is 15.2. The molecule has 27 heavy (non-hydrogen) atoms. The van der Waals surface area contributed by atoms with E-state index in [4.69, 9.17) is 11.6 Å². The van der Waals surface area contributed by atoms with Crippen molar-refractivity contribution in [1.82, 2.24) is 9.78 Å². The van der Waals surface area contributed by atoms with Crippen LogP contribution in [0, 0.1) is 13.8 Å². The number of para-hydroxylation sites is 1. The van der Waals surface area contributed by atoms with Gasteiger partial charge in [-0.15, -0.1) is 0 Å². The third-order valence-electron chi connectivity index (χ3n) is 4.04. The van der Waals surface area contributed by atoms with Crippen molar-refractivity contribution in [3.63, 3.8) is 0 Å². The van der Waals surface area contributed by atoms with Crippen LogP contribution in [0.4, 0.5) is 11.4 Å². The Morgan fingerprint density at radius 2 is 1.74 bits per heavy atom. The van der Waals surface area contributed by atoms with Crippen LogP contribution in [0.2, 0.25) is 5.15 Å². The van der Waals surface area contributed by atoms with Gasteiger partial charge < -0.3 is 10.6 Å². The Bertz CT molecular complexity index is 1010. The average Bonchev–Trinajstić information content (AvgIpc) is 2.92. The molecule has 0 saturated carbocycles. The van der Waals surface area contributed by atoms with Gasteiger partial charge in [0.2, 0.25) is 5.91 Å². The summed E-state index contributed by atoms with van der Waals surface area (Å²) >= 11 is 6.45. The standard InChI is InChI=1S/C20H19ClN4O2/c1-12-9-10-15(22-14(3)26)11-17(12)23-20(27)18-13(2)24-25(19(18)21)16-7-5-4-6-8-16/h4-11H,1-3H3,(H,22,26)(H,23,27). The minimum absolute atomic E-state index is 0.181. The summed E-state index contributed by atoms with van der Waals surface area (Å²) < 4.78 is 1.53. The number of amides is 2. The first-order valence-corrected chi connectivity index (χ1v) is 8.74. The highest BCUT2D eigenvalue weighted by Crippen LogP contribution is 2.26. The lowest BCUT2D eigenvalue weighted by Gasteiger charge is -2.11. The van der Waals surface area contributed by atoms with Crippen molar-refractivity contribution in [2.45, 2.75) is 20.8 Å². The van der Waals surface area contributed by atoms with Crippen LogP contribution in [0.25, 0.3) is 5.69 Å². The number of hydrogen-bond acceptors (Lipinski definition) is 3. The first-order chi connectivity index (χ1) is 12.9. The second-order valence-corrected chi connectivity index (χ2v) is 6.52. The minimum Gasteiger partial charge on any atom is -0.326 e. The van der Waals surface area contributed by atoms with E-state index >= 15 is 0 Å². The molecule has 2 aromatic carbocycles. The van der Waals surface area contributed by atoms with E-state index < -0.39 is 0 Å². The second kappa shape index (κ2) is 7.63. The fraction of sp³-hybridized carbons (Fsp3) is 0.150. The molecule has 0 fully saturated rings. The highest BCUT2D eigenvalue weighted by molar-refractivity contribution is 6.34. The quantitative estimate of drug-likeness (QED) is 0.704. The zero-order chi connectivity index (χ0) is 19.6. The van der Waals surface area contributed by atoms with Crippen LogP contribution >= 0.6 is 11.6 Å². The predicted octanol–water partition coefficient (Wildman–Crippen LogP) is 4.35. The Hall–Kier alpha value is -3.12. The number of anilines is 2. The van der Waals surface area contributed by atoms with Crippen molar-refractivity contribution in [2.24, 2.45) is 0 Å². The van der Waals surface area contributed by atoms with Crippen LogP contribution in [0.1, 0.15) is 28.5 Å². The van der Waals surface area contributed by atoms with Crippen LogP contribution in [-0.2, 0) is 4.79 Å². The minimum atomic E-state index is -0.359. The first-order valence-electron chi connectivity index (χ1n) is 8.37. The molecule has 0 aliphatic rings. The molecule has 3 aromatic rings. The van der Waals surface area contributed by atoms with Gasteiger partial charge >= 0.3 is 0 Å². The maximum atomic E-state index is 12.8. The number of aryl methyl sites for hydroxylation is 2. The van der Waals surface area contributed by atoms with E-state index in [2.05, 4.69) is 15.7 Å². The Morgan fingerprint density at radius 3 is 2.41 bits per heavy atom. The lowest BCUT2D eigenvalue weighted by molar-refractivity contribution is -0.114. The number of halogens is 1. The van der Waals surface area contributed by atoms with E-state index in [1.54, 1.807) is 19.1 Å². The molecular weight excluding hydrogens is 364 g/mol. The van der Waals surface area contributed by atoms with Gasteiger partial charge in [-0.2, -0.15) is 5.10 Å². The van der Waals surface area contributed by atoms with Crippen molar-refractivity contribution in [3.8, 4) is 5.69 Å². The first kappa shape index (κ1) is 18.7. The van der Waals surface area contributed by atoms with E-state index in [9.17, 15) is 9.59 Å². The van der Waals surface area contributed by atoms with Crippen LogP contribution < -0.4 is 10.6 Å². The highest BCUT2D eigenvalue weighted by atomic mass is 35.5. The van der Waals surface area contributed by atoms with E-state index in [1.807, 2.05) is 43.3 Å². The molecule has 2 amide bonds. The Balaban J connectivity index is 1.92. The molecule has 1 heterocycles. The number of aromatic nitrogens is 2. The maximum absolute atomic E-state index is 12.8. The molecule has 138 valence electrons. The monoisotopic (exact) mass is 382 g/mol. The van der Waals surface area contributed by atoms with E-state index in [-0.39, 0.29) is 17.0 Å². The molecule has 0 atom stereocenters. The van der Waals surface area contributed by atoms with Crippen molar-refractivity contribution in [3.05, 3.63) is 70.5 Å². The molecule has 0 spiro atoms. The summed E-state index contributed by atoms with van der Waals surface area (Å²) in [6.45, 7) is 5.04. The fourth-order valence-electron chi connectivity index (χ4n) is 2.72. The third kappa shape index (κ3) is 4.01. The molecule has 0 radical (unpaired) electrons. The van der Waals surface area contributed by atoms with Crippen LogP contribution in [0.3, 0.4) is 0 Å². The highest BCUT2D eigenvalue weighted by Gasteiger charge is 2.21. The molecule has 3 rings (SSSR count). The van der Waals surface area contributed by atoms with Gasteiger partial charge in [0.1, 0.15) is 10.7 Å². The van der Waals surface area contributed by atoms with Gasteiger partial charge in [0.25, 0.3) is 5.91 Å². The molecule has 6 nitrogen and oxygen atoms in total. The van der Waals surface area contributed by atoms with E-state index in [0.29, 0.717) is 22.6 Å². The lowest BCUT2D eigenvalue weighted by Crippen LogP contribution is -2.14. The third-order valence-corrected chi connectivity index (χ3v) is 4.39. The summed E-state index contributed by atoms with van der Waals surface area (Å²) in [6.07, 6.45) is 0. The molecule has 2 N–H and O–H groups in total. The summed E-state index contributed by atoms with van der Waals surface area (Å²) in [6, 6.07) is 14.7. The number of benzene rings is 2. The van der Waals surface area contributed by atoms with Crippen molar-refractivity contribution < 1.29 is 9.59 Å². The van der Waals surface area contributed by atoms with Gasteiger partial charge in [-0.25, -0.2) is 4.68 Å².